The van der Waals surface area contributed by atoms with Crippen molar-refractivity contribution in [1.82, 2.24) is 4.31 Å². The molecule has 0 aliphatic heterocycles. The Labute approximate surface area is 180 Å². The molecule has 0 aliphatic rings. The number of carbonyl (C=O) groups is 1. The van der Waals surface area contributed by atoms with Crippen molar-refractivity contribution in [2.24, 2.45) is 0 Å². The Morgan fingerprint density at radius 3 is 2.27 bits per heavy atom. The molecule has 0 heterocycles. The van der Waals surface area contributed by atoms with E-state index in [0.717, 1.165) is 9.87 Å². The molecule has 0 aliphatic carbocycles. The fraction of sp³-hybridized carbons (Fsp3) is 0.136. The average Bonchev–Trinajstić information content (AvgIpc) is 2.71. The molecule has 156 valence electrons. The van der Waals surface area contributed by atoms with E-state index in [2.05, 4.69) is 5.32 Å². The number of carbonyl (C=O) groups excluding carboxylic acids is 1. The van der Waals surface area contributed by atoms with Crippen LogP contribution in [0.5, 0.6) is 0 Å². The van der Waals surface area contributed by atoms with Crippen molar-refractivity contribution in [1.29, 1.82) is 0 Å². The Balaban J connectivity index is 1.88. The molecule has 0 atom stereocenters. The lowest BCUT2D eigenvalue weighted by Gasteiger charge is -2.22. The van der Waals surface area contributed by atoms with Crippen LogP contribution >= 0.6 is 11.6 Å². The summed E-state index contributed by atoms with van der Waals surface area (Å²) in [6.45, 7) is 1.35. The van der Waals surface area contributed by atoms with Crippen LogP contribution in [0.4, 0.5) is 10.1 Å². The number of halogens is 2. The van der Waals surface area contributed by atoms with Gasteiger partial charge in [-0.15, -0.1) is 0 Å². The largest absolute Gasteiger partial charge is 0.325 e. The maximum absolute atomic E-state index is 13.2. The number of hydrogen-bond donors (Lipinski definition) is 1. The first-order valence-electron chi connectivity index (χ1n) is 9.11. The van der Waals surface area contributed by atoms with E-state index in [9.17, 15) is 17.6 Å². The molecule has 5 nitrogen and oxygen atoms in total. The standard InChI is InChI=1S/C22H20ClFN2O3S/c1-16-6-12-20(13-7-16)30(28,29)26(14-17-4-2-3-5-21(17)23)15-22(27)25-19-10-8-18(24)9-11-19/h2-13H,14-15H2,1H3,(H,25,27). The second kappa shape index (κ2) is 9.38. The molecule has 3 aromatic rings. The number of benzene rings is 3. The lowest BCUT2D eigenvalue weighted by molar-refractivity contribution is -0.116. The minimum Gasteiger partial charge on any atom is -0.325 e. The third kappa shape index (κ3) is 5.44. The maximum atomic E-state index is 13.2. The Hall–Kier alpha value is -2.74. The summed E-state index contributed by atoms with van der Waals surface area (Å²) in [5.41, 5.74) is 1.86. The van der Waals surface area contributed by atoms with Crippen LogP contribution in [-0.2, 0) is 21.4 Å². The SMILES string of the molecule is Cc1ccc(S(=O)(=O)N(CC(=O)Nc2ccc(F)cc2)Cc2ccccc2Cl)cc1. The second-order valence-electron chi connectivity index (χ2n) is 6.73. The number of amides is 1. The van der Waals surface area contributed by atoms with Gasteiger partial charge in [-0.2, -0.15) is 4.31 Å². The molecule has 1 amide bonds. The van der Waals surface area contributed by atoms with Crippen LogP contribution in [0.3, 0.4) is 0 Å². The highest BCUT2D eigenvalue weighted by Crippen LogP contribution is 2.23. The van der Waals surface area contributed by atoms with Crippen LogP contribution in [0.2, 0.25) is 5.02 Å². The zero-order valence-electron chi connectivity index (χ0n) is 16.2. The van der Waals surface area contributed by atoms with Gasteiger partial charge in [-0.25, -0.2) is 12.8 Å². The molecular weight excluding hydrogens is 427 g/mol. The lowest BCUT2D eigenvalue weighted by Crippen LogP contribution is -2.37. The summed E-state index contributed by atoms with van der Waals surface area (Å²) in [5.74, 6) is -0.986. The van der Waals surface area contributed by atoms with Crippen molar-refractivity contribution in [3.8, 4) is 0 Å². The molecule has 3 rings (SSSR count). The monoisotopic (exact) mass is 446 g/mol. The van der Waals surface area contributed by atoms with E-state index in [-0.39, 0.29) is 11.4 Å². The summed E-state index contributed by atoms with van der Waals surface area (Å²) >= 11 is 6.21. The Bertz CT molecular complexity index is 1130. The van der Waals surface area contributed by atoms with Gasteiger partial charge in [0.05, 0.1) is 11.4 Å². The minimum absolute atomic E-state index is 0.0767. The van der Waals surface area contributed by atoms with Crippen molar-refractivity contribution in [2.45, 2.75) is 18.4 Å². The predicted octanol–water partition coefficient (Wildman–Crippen LogP) is 4.62. The van der Waals surface area contributed by atoms with Crippen LogP contribution in [0.15, 0.2) is 77.7 Å². The van der Waals surface area contributed by atoms with Crippen molar-refractivity contribution >= 4 is 33.2 Å². The van der Waals surface area contributed by atoms with Crippen LogP contribution in [0, 0.1) is 12.7 Å². The van der Waals surface area contributed by atoms with E-state index in [0.29, 0.717) is 16.3 Å². The molecular formula is C22H20ClFN2O3S. The van der Waals surface area contributed by atoms with Crippen LogP contribution in [-0.4, -0.2) is 25.2 Å². The zero-order valence-corrected chi connectivity index (χ0v) is 17.8. The molecule has 8 heteroatoms. The topological polar surface area (TPSA) is 66.5 Å². The number of hydrogen-bond acceptors (Lipinski definition) is 3. The fourth-order valence-corrected chi connectivity index (χ4v) is 4.37. The summed E-state index contributed by atoms with van der Waals surface area (Å²) in [6.07, 6.45) is 0. The zero-order chi connectivity index (χ0) is 21.7. The van der Waals surface area contributed by atoms with Gasteiger partial charge in [-0.1, -0.05) is 47.5 Å². The highest BCUT2D eigenvalue weighted by molar-refractivity contribution is 7.89. The fourth-order valence-electron chi connectivity index (χ4n) is 2.80. The summed E-state index contributed by atoms with van der Waals surface area (Å²) in [6, 6.07) is 18.5. The number of aryl methyl sites for hydroxylation is 1. The van der Waals surface area contributed by atoms with Crippen molar-refractivity contribution < 1.29 is 17.6 Å². The van der Waals surface area contributed by atoms with Gasteiger partial charge in [0.2, 0.25) is 15.9 Å². The van der Waals surface area contributed by atoms with Crippen LogP contribution in [0.25, 0.3) is 0 Å². The van der Waals surface area contributed by atoms with E-state index in [1.54, 1.807) is 36.4 Å². The van der Waals surface area contributed by atoms with Gasteiger partial charge < -0.3 is 5.32 Å². The molecule has 0 aromatic heterocycles. The Kier molecular flexibility index (Phi) is 6.87. The van der Waals surface area contributed by atoms with Crippen molar-refractivity contribution in [3.63, 3.8) is 0 Å². The maximum Gasteiger partial charge on any atom is 0.243 e. The van der Waals surface area contributed by atoms with E-state index in [4.69, 9.17) is 11.6 Å². The molecule has 0 unspecified atom stereocenters. The first kappa shape index (κ1) is 22.0. The van der Waals surface area contributed by atoms with Gasteiger partial charge in [-0.05, 0) is 55.0 Å². The summed E-state index contributed by atoms with van der Waals surface area (Å²) in [7, 11) is -3.97. The number of rotatable bonds is 7. The molecule has 0 fully saturated rings. The van der Waals surface area contributed by atoms with Gasteiger partial charge in [-0.3, -0.25) is 4.79 Å². The molecule has 0 bridgehead atoms. The first-order chi connectivity index (χ1) is 14.3. The van der Waals surface area contributed by atoms with E-state index in [1.807, 2.05) is 6.92 Å². The highest BCUT2D eigenvalue weighted by Gasteiger charge is 2.27. The predicted molar refractivity (Wildman–Crippen MR) is 115 cm³/mol. The molecule has 0 radical (unpaired) electrons. The third-order valence-corrected chi connectivity index (χ3v) is 6.59. The highest BCUT2D eigenvalue weighted by atomic mass is 35.5. The lowest BCUT2D eigenvalue weighted by atomic mass is 10.2. The molecule has 1 N–H and O–H groups in total. The van der Waals surface area contributed by atoms with Gasteiger partial charge >= 0.3 is 0 Å². The smallest absolute Gasteiger partial charge is 0.243 e. The summed E-state index contributed by atoms with van der Waals surface area (Å²) in [5, 5.41) is 2.99. The molecule has 0 saturated heterocycles. The van der Waals surface area contributed by atoms with Crippen LogP contribution in [0.1, 0.15) is 11.1 Å². The number of anilines is 1. The molecule has 3 aromatic carbocycles. The van der Waals surface area contributed by atoms with Crippen molar-refractivity contribution in [3.05, 3.63) is 94.8 Å². The third-order valence-electron chi connectivity index (χ3n) is 4.41. The molecule has 30 heavy (non-hydrogen) atoms. The molecule has 0 spiro atoms. The van der Waals surface area contributed by atoms with Gasteiger partial charge in [0.25, 0.3) is 0 Å². The Morgan fingerprint density at radius 1 is 1.00 bits per heavy atom. The normalized spacial score (nSPS) is 11.5. The number of nitrogens with zero attached hydrogens (tertiary/aromatic N) is 1. The summed E-state index contributed by atoms with van der Waals surface area (Å²) < 4.78 is 40.6. The minimum atomic E-state index is -3.97. The van der Waals surface area contributed by atoms with Gasteiger partial charge in [0.1, 0.15) is 5.82 Å². The van der Waals surface area contributed by atoms with Gasteiger partial charge in [0.15, 0.2) is 0 Å². The Morgan fingerprint density at radius 2 is 1.63 bits per heavy atom. The van der Waals surface area contributed by atoms with E-state index < -0.39 is 28.3 Å². The number of nitrogens with one attached hydrogen (secondary N) is 1. The van der Waals surface area contributed by atoms with E-state index in [1.165, 1.54) is 36.4 Å². The summed E-state index contributed by atoms with van der Waals surface area (Å²) in [4.78, 5) is 12.6. The van der Waals surface area contributed by atoms with Crippen LogP contribution < -0.4 is 5.32 Å². The van der Waals surface area contributed by atoms with Crippen molar-refractivity contribution in [2.75, 3.05) is 11.9 Å². The quantitative estimate of drug-likeness (QED) is 0.576. The van der Waals surface area contributed by atoms with E-state index >= 15 is 0 Å². The number of sulfonamides is 1. The van der Waals surface area contributed by atoms with Gasteiger partial charge in [0, 0.05) is 17.3 Å². The second-order valence-corrected chi connectivity index (χ2v) is 9.08. The average molecular weight is 447 g/mol. The molecule has 0 saturated carbocycles. The first-order valence-corrected chi connectivity index (χ1v) is 10.9.